The van der Waals surface area contributed by atoms with Crippen LogP contribution in [0.1, 0.15) is 33.3 Å². The molecule has 0 aliphatic carbocycles. The molecule has 150 valence electrons. The average molecular weight is 495 g/mol. The lowest BCUT2D eigenvalue weighted by Crippen LogP contribution is -2.41. The quantitative estimate of drug-likeness (QED) is 0.341. The second kappa shape index (κ2) is 12.5. The molecule has 5 nitrogen and oxygen atoms in total. The van der Waals surface area contributed by atoms with Gasteiger partial charge >= 0.3 is 0 Å². The largest absolute Gasteiger partial charge is 0.492 e. The molecule has 0 aliphatic rings. The van der Waals surface area contributed by atoms with Crippen LogP contribution in [0.15, 0.2) is 29.3 Å². The Morgan fingerprint density at radius 1 is 1.27 bits per heavy atom. The van der Waals surface area contributed by atoms with Gasteiger partial charge in [-0.1, -0.05) is 17.7 Å². The van der Waals surface area contributed by atoms with Crippen LogP contribution < -0.4 is 10.1 Å². The first-order chi connectivity index (χ1) is 11.7. The van der Waals surface area contributed by atoms with Crippen LogP contribution in [0.3, 0.4) is 0 Å². The van der Waals surface area contributed by atoms with Crippen LogP contribution in [0.5, 0.6) is 5.75 Å². The van der Waals surface area contributed by atoms with Crippen LogP contribution in [-0.2, 0) is 10.8 Å². The minimum absolute atomic E-state index is 0. The molecule has 0 aromatic heterocycles. The summed E-state index contributed by atoms with van der Waals surface area (Å²) in [6, 6.07) is 8.05. The van der Waals surface area contributed by atoms with Gasteiger partial charge in [0.15, 0.2) is 5.96 Å². The monoisotopic (exact) mass is 495 g/mol. The van der Waals surface area contributed by atoms with Crippen LogP contribution in [-0.4, -0.2) is 58.9 Å². The average Bonchev–Trinajstić information content (AvgIpc) is 2.54. The highest BCUT2D eigenvalue weighted by Crippen LogP contribution is 2.12. The van der Waals surface area contributed by atoms with Gasteiger partial charge in [-0.05, 0) is 46.8 Å². The molecule has 0 aliphatic heterocycles. The van der Waals surface area contributed by atoms with Crippen molar-refractivity contribution in [3.8, 4) is 5.75 Å². The number of guanidine groups is 1. The SMILES string of the molecule is CCNC(=NCCS(=O)C(C)(C)C)N(C)CCOc1ccc(C)cc1.I. The van der Waals surface area contributed by atoms with Crippen molar-refractivity contribution >= 4 is 40.7 Å². The van der Waals surface area contributed by atoms with Gasteiger partial charge < -0.3 is 15.0 Å². The maximum Gasteiger partial charge on any atom is 0.193 e. The van der Waals surface area contributed by atoms with Gasteiger partial charge in [0.2, 0.25) is 0 Å². The second-order valence-corrected chi connectivity index (χ2v) is 9.30. The molecule has 1 unspecified atom stereocenters. The Labute approximate surface area is 178 Å². The highest BCUT2D eigenvalue weighted by molar-refractivity contribution is 14.0. The summed E-state index contributed by atoms with van der Waals surface area (Å²) < 4.78 is 17.7. The summed E-state index contributed by atoms with van der Waals surface area (Å²) in [5.41, 5.74) is 1.22. The lowest BCUT2D eigenvalue weighted by atomic mass is 10.2. The minimum Gasteiger partial charge on any atom is -0.492 e. The third kappa shape index (κ3) is 9.75. The zero-order valence-electron chi connectivity index (χ0n) is 16.9. The molecular weight excluding hydrogens is 461 g/mol. The summed E-state index contributed by atoms with van der Waals surface area (Å²) >= 11 is 0. The first kappa shape index (κ1) is 25.2. The molecule has 7 heteroatoms. The molecule has 0 bridgehead atoms. The maximum absolute atomic E-state index is 12.1. The number of ether oxygens (including phenoxy) is 1. The molecule has 26 heavy (non-hydrogen) atoms. The van der Waals surface area contributed by atoms with Crippen molar-refractivity contribution in [2.75, 3.05) is 39.0 Å². The Hall–Kier alpha value is -0.830. The zero-order valence-corrected chi connectivity index (χ0v) is 20.0. The third-order valence-electron chi connectivity index (χ3n) is 3.63. The molecule has 0 radical (unpaired) electrons. The Bertz CT molecular complexity index is 571. The van der Waals surface area contributed by atoms with E-state index in [4.69, 9.17) is 4.74 Å². The van der Waals surface area contributed by atoms with Crippen molar-refractivity contribution in [2.24, 2.45) is 4.99 Å². The number of nitrogens with one attached hydrogen (secondary N) is 1. The van der Waals surface area contributed by atoms with Gasteiger partial charge in [-0.3, -0.25) is 9.20 Å². The summed E-state index contributed by atoms with van der Waals surface area (Å²) in [7, 11) is 1.11. The van der Waals surface area contributed by atoms with Crippen molar-refractivity contribution in [3.63, 3.8) is 0 Å². The molecule has 1 aromatic rings. The summed E-state index contributed by atoms with van der Waals surface area (Å²) in [6.45, 7) is 12.7. The number of aryl methyl sites for hydroxylation is 1. The Balaban J connectivity index is 0.00000625. The molecule has 1 N–H and O–H groups in total. The van der Waals surface area contributed by atoms with Crippen LogP contribution in [0.4, 0.5) is 0 Å². The minimum atomic E-state index is -0.881. The van der Waals surface area contributed by atoms with Crippen LogP contribution in [0.2, 0.25) is 0 Å². The van der Waals surface area contributed by atoms with Gasteiger partial charge in [-0.25, -0.2) is 0 Å². The molecule has 0 saturated heterocycles. The number of benzene rings is 1. The first-order valence-electron chi connectivity index (χ1n) is 8.81. The van der Waals surface area contributed by atoms with E-state index in [-0.39, 0.29) is 28.7 Å². The molecular formula is C19H34IN3O2S. The Morgan fingerprint density at radius 3 is 2.42 bits per heavy atom. The van der Waals surface area contributed by atoms with E-state index in [0.717, 1.165) is 24.8 Å². The Kier molecular flexibility index (Phi) is 12.1. The zero-order chi connectivity index (χ0) is 18.9. The van der Waals surface area contributed by atoms with Gasteiger partial charge in [0, 0.05) is 34.9 Å². The first-order valence-corrected chi connectivity index (χ1v) is 10.1. The molecule has 1 rings (SSSR count). The highest BCUT2D eigenvalue weighted by Gasteiger charge is 2.18. The fourth-order valence-electron chi connectivity index (χ4n) is 2.05. The number of hydrogen-bond acceptors (Lipinski definition) is 3. The molecule has 0 fully saturated rings. The van der Waals surface area contributed by atoms with Crippen molar-refractivity contribution < 1.29 is 8.95 Å². The van der Waals surface area contributed by atoms with E-state index in [1.165, 1.54) is 5.56 Å². The summed E-state index contributed by atoms with van der Waals surface area (Å²) in [6.07, 6.45) is 0. The van der Waals surface area contributed by atoms with Gasteiger partial charge in [0.05, 0.1) is 13.1 Å². The number of rotatable bonds is 8. The van der Waals surface area contributed by atoms with Crippen molar-refractivity contribution in [1.29, 1.82) is 0 Å². The number of likely N-dealkylation sites (N-methyl/N-ethyl adjacent to an activating group) is 1. The highest BCUT2D eigenvalue weighted by atomic mass is 127. The fraction of sp³-hybridized carbons (Fsp3) is 0.632. The molecule has 0 spiro atoms. The number of aliphatic imine (C=N–C) groups is 1. The van der Waals surface area contributed by atoms with E-state index in [1.807, 2.05) is 63.9 Å². The number of hydrogen-bond donors (Lipinski definition) is 1. The predicted molar refractivity (Wildman–Crippen MR) is 123 cm³/mol. The lowest BCUT2D eigenvalue weighted by Gasteiger charge is -2.22. The van der Waals surface area contributed by atoms with Crippen LogP contribution in [0.25, 0.3) is 0 Å². The topological polar surface area (TPSA) is 53.9 Å². The van der Waals surface area contributed by atoms with Gasteiger partial charge in [0.25, 0.3) is 0 Å². The van der Waals surface area contributed by atoms with Crippen LogP contribution in [0, 0.1) is 6.92 Å². The van der Waals surface area contributed by atoms with E-state index in [9.17, 15) is 4.21 Å². The standard InChI is InChI=1S/C19H33N3O2S.HI/c1-7-20-18(21-12-15-25(23)19(3,4)5)22(6)13-14-24-17-10-8-16(2)9-11-17;/h8-11H,7,12-15H2,1-6H3,(H,20,21);1H. The molecule has 0 saturated carbocycles. The van der Waals surface area contributed by atoms with Gasteiger partial charge in [-0.2, -0.15) is 0 Å². The Morgan fingerprint density at radius 2 is 1.88 bits per heavy atom. The smallest absolute Gasteiger partial charge is 0.193 e. The van der Waals surface area contributed by atoms with E-state index in [2.05, 4.69) is 17.2 Å². The van der Waals surface area contributed by atoms with Gasteiger partial charge in [0.1, 0.15) is 12.4 Å². The summed E-state index contributed by atoms with van der Waals surface area (Å²) in [5.74, 6) is 2.27. The summed E-state index contributed by atoms with van der Waals surface area (Å²) in [4.78, 5) is 6.63. The number of nitrogens with zero attached hydrogens (tertiary/aromatic N) is 2. The second-order valence-electron chi connectivity index (χ2n) is 6.98. The normalized spacial score (nSPS) is 12.9. The molecule has 1 atom stereocenters. The number of halogens is 1. The van der Waals surface area contributed by atoms with E-state index < -0.39 is 10.8 Å². The predicted octanol–water partition coefficient (Wildman–Crippen LogP) is 3.44. The molecule has 1 aromatic carbocycles. The lowest BCUT2D eigenvalue weighted by molar-refractivity contribution is 0.281. The van der Waals surface area contributed by atoms with Crippen LogP contribution >= 0.6 is 24.0 Å². The van der Waals surface area contributed by atoms with Crippen molar-refractivity contribution in [1.82, 2.24) is 10.2 Å². The van der Waals surface area contributed by atoms with E-state index in [0.29, 0.717) is 18.9 Å². The maximum atomic E-state index is 12.1. The van der Waals surface area contributed by atoms with Crippen molar-refractivity contribution in [3.05, 3.63) is 29.8 Å². The van der Waals surface area contributed by atoms with Gasteiger partial charge in [-0.15, -0.1) is 24.0 Å². The van der Waals surface area contributed by atoms with E-state index in [1.54, 1.807) is 0 Å². The third-order valence-corrected chi connectivity index (χ3v) is 5.55. The molecule has 0 amide bonds. The summed E-state index contributed by atoms with van der Waals surface area (Å²) in [5, 5.41) is 3.27. The van der Waals surface area contributed by atoms with Crippen molar-refractivity contribution in [2.45, 2.75) is 39.4 Å². The fourth-order valence-corrected chi connectivity index (χ4v) is 2.92. The molecule has 0 heterocycles. The van der Waals surface area contributed by atoms with E-state index >= 15 is 0 Å².